The third-order valence-corrected chi connectivity index (χ3v) is 2.74. The van der Waals surface area contributed by atoms with Crippen molar-refractivity contribution < 1.29 is 9.59 Å². The summed E-state index contributed by atoms with van der Waals surface area (Å²) in [5.41, 5.74) is 0. The van der Waals surface area contributed by atoms with Gasteiger partial charge in [0.2, 0.25) is 11.8 Å². The Balaban J connectivity index is 2.50. The van der Waals surface area contributed by atoms with Crippen molar-refractivity contribution in [2.75, 3.05) is 33.2 Å². The maximum absolute atomic E-state index is 11.7. The minimum atomic E-state index is -0.168. The van der Waals surface area contributed by atoms with Gasteiger partial charge in [-0.1, -0.05) is 0 Å². The van der Waals surface area contributed by atoms with E-state index in [2.05, 4.69) is 5.32 Å². The van der Waals surface area contributed by atoms with Crippen molar-refractivity contribution in [2.24, 2.45) is 0 Å². The highest BCUT2D eigenvalue weighted by Gasteiger charge is 2.26. The van der Waals surface area contributed by atoms with Crippen molar-refractivity contribution in [3.8, 4) is 0 Å². The Bertz CT molecular complexity index is 255. The van der Waals surface area contributed by atoms with Crippen LogP contribution in [0.5, 0.6) is 0 Å². The predicted octanol–water partition coefficient (Wildman–Crippen LogP) is -0.715. The number of likely N-dealkylation sites (N-methyl/N-ethyl adjacent to an activating group) is 1. The van der Waals surface area contributed by atoms with Crippen LogP contribution in [0.1, 0.15) is 13.8 Å². The van der Waals surface area contributed by atoms with Crippen molar-refractivity contribution in [2.45, 2.75) is 19.9 Å². The van der Waals surface area contributed by atoms with Gasteiger partial charge in [0.05, 0.1) is 12.6 Å². The molecule has 1 aliphatic rings. The Kier molecular flexibility index (Phi) is 4.08. The summed E-state index contributed by atoms with van der Waals surface area (Å²) in [6.07, 6.45) is 0. The number of carbonyl (C=O) groups is 2. The molecular formula is C10H19N3O2. The van der Waals surface area contributed by atoms with Crippen LogP contribution in [0.2, 0.25) is 0 Å². The van der Waals surface area contributed by atoms with Crippen molar-refractivity contribution >= 4 is 11.8 Å². The molecule has 5 heteroatoms. The van der Waals surface area contributed by atoms with Crippen LogP contribution in [0.4, 0.5) is 0 Å². The molecule has 1 atom stereocenters. The standard InChI is InChI=1S/C10H19N3O2/c1-4-12(3)9(14)7-13-6-5-11-8(2)10(13)15/h8,11H,4-7H2,1-3H3. The quantitative estimate of drug-likeness (QED) is 0.673. The first-order valence-electron chi connectivity index (χ1n) is 5.32. The van der Waals surface area contributed by atoms with Gasteiger partial charge in [0.1, 0.15) is 0 Å². The molecule has 1 rings (SSSR count). The Morgan fingerprint density at radius 1 is 1.67 bits per heavy atom. The maximum atomic E-state index is 11.7. The van der Waals surface area contributed by atoms with Gasteiger partial charge in [0.25, 0.3) is 0 Å². The second-order valence-electron chi connectivity index (χ2n) is 3.84. The topological polar surface area (TPSA) is 52.7 Å². The van der Waals surface area contributed by atoms with Crippen LogP contribution >= 0.6 is 0 Å². The van der Waals surface area contributed by atoms with Crippen LogP contribution < -0.4 is 5.32 Å². The zero-order chi connectivity index (χ0) is 11.4. The number of rotatable bonds is 3. The molecular weight excluding hydrogens is 194 g/mol. The molecule has 0 bridgehead atoms. The minimum absolute atomic E-state index is 0.0000463. The number of hydrogen-bond donors (Lipinski definition) is 1. The van der Waals surface area contributed by atoms with Crippen LogP contribution in [-0.4, -0.2) is 60.9 Å². The van der Waals surface area contributed by atoms with Gasteiger partial charge in [0.15, 0.2) is 0 Å². The first kappa shape index (κ1) is 12.0. The molecule has 0 spiro atoms. The summed E-state index contributed by atoms with van der Waals surface area (Å²) in [7, 11) is 1.75. The molecule has 1 N–H and O–H groups in total. The second-order valence-corrected chi connectivity index (χ2v) is 3.84. The fourth-order valence-electron chi connectivity index (χ4n) is 1.50. The summed E-state index contributed by atoms with van der Waals surface area (Å²) in [5, 5.41) is 3.06. The zero-order valence-corrected chi connectivity index (χ0v) is 9.62. The van der Waals surface area contributed by atoms with Crippen LogP contribution in [0, 0.1) is 0 Å². The monoisotopic (exact) mass is 213 g/mol. The molecule has 1 fully saturated rings. The largest absolute Gasteiger partial charge is 0.345 e. The lowest BCUT2D eigenvalue weighted by Gasteiger charge is -2.32. The van der Waals surface area contributed by atoms with Crippen molar-refractivity contribution in [1.82, 2.24) is 15.1 Å². The number of carbonyl (C=O) groups excluding carboxylic acids is 2. The van der Waals surface area contributed by atoms with Gasteiger partial charge in [0, 0.05) is 26.7 Å². The summed E-state index contributed by atoms with van der Waals surface area (Å²) in [6, 6.07) is -0.168. The van der Waals surface area contributed by atoms with E-state index in [1.807, 2.05) is 13.8 Å². The van der Waals surface area contributed by atoms with E-state index < -0.39 is 0 Å². The summed E-state index contributed by atoms with van der Waals surface area (Å²) >= 11 is 0. The number of hydrogen-bond acceptors (Lipinski definition) is 3. The molecule has 5 nitrogen and oxygen atoms in total. The van der Waals surface area contributed by atoms with E-state index in [4.69, 9.17) is 0 Å². The SMILES string of the molecule is CCN(C)C(=O)CN1CCNC(C)C1=O. The highest BCUT2D eigenvalue weighted by molar-refractivity contribution is 5.87. The molecule has 1 unspecified atom stereocenters. The lowest BCUT2D eigenvalue weighted by molar-refractivity contribution is -0.142. The van der Waals surface area contributed by atoms with E-state index >= 15 is 0 Å². The molecule has 2 amide bonds. The Morgan fingerprint density at radius 3 is 2.93 bits per heavy atom. The summed E-state index contributed by atoms with van der Waals surface area (Å²) in [5.74, 6) is 0.0130. The number of nitrogens with one attached hydrogen (secondary N) is 1. The van der Waals surface area contributed by atoms with E-state index in [1.54, 1.807) is 16.8 Å². The van der Waals surface area contributed by atoms with Gasteiger partial charge >= 0.3 is 0 Å². The predicted molar refractivity (Wildman–Crippen MR) is 57.4 cm³/mol. The van der Waals surface area contributed by atoms with E-state index in [0.717, 1.165) is 6.54 Å². The van der Waals surface area contributed by atoms with Crippen molar-refractivity contribution in [3.05, 3.63) is 0 Å². The molecule has 86 valence electrons. The third-order valence-electron chi connectivity index (χ3n) is 2.74. The average Bonchev–Trinajstić information content (AvgIpc) is 2.23. The molecule has 0 saturated carbocycles. The van der Waals surface area contributed by atoms with Gasteiger partial charge in [-0.3, -0.25) is 9.59 Å². The molecule has 0 aromatic rings. The Labute approximate surface area is 90.4 Å². The first-order valence-corrected chi connectivity index (χ1v) is 5.32. The average molecular weight is 213 g/mol. The van der Waals surface area contributed by atoms with Crippen molar-refractivity contribution in [3.63, 3.8) is 0 Å². The van der Waals surface area contributed by atoms with E-state index in [1.165, 1.54) is 0 Å². The van der Waals surface area contributed by atoms with E-state index in [9.17, 15) is 9.59 Å². The lowest BCUT2D eigenvalue weighted by atomic mass is 10.2. The minimum Gasteiger partial charge on any atom is -0.345 e. The molecule has 1 heterocycles. The highest BCUT2D eigenvalue weighted by atomic mass is 16.2. The first-order chi connectivity index (χ1) is 7.06. The van der Waals surface area contributed by atoms with Gasteiger partial charge in [-0.05, 0) is 13.8 Å². The summed E-state index contributed by atoms with van der Waals surface area (Å²) < 4.78 is 0. The molecule has 1 saturated heterocycles. The highest BCUT2D eigenvalue weighted by Crippen LogP contribution is 2.01. The Hall–Kier alpha value is -1.10. The molecule has 15 heavy (non-hydrogen) atoms. The van der Waals surface area contributed by atoms with Gasteiger partial charge in [-0.2, -0.15) is 0 Å². The summed E-state index contributed by atoms with van der Waals surface area (Å²) in [4.78, 5) is 26.5. The van der Waals surface area contributed by atoms with Crippen LogP contribution in [-0.2, 0) is 9.59 Å². The smallest absolute Gasteiger partial charge is 0.241 e. The van der Waals surface area contributed by atoms with Crippen LogP contribution in [0.3, 0.4) is 0 Å². The van der Waals surface area contributed by atoms with E-state index in [-0.39, 0.29) is 24.4 Å². The maximum Gasteiger partial charge on any atom is 0.241 e. The van der Waals surface area contributed by atoms with Gasteiger partial charge < -0.3 is 15.1 Å². The number of piperazine rings is 1. The van der Waals surface area contributed by atoms with Gasteiger partial charge in [-0.25, -0.2) is 0 Å². The molecule has 0 aliphatic carbocycles. The second kappa shape index (κ2) is 5.11. The fourth-order valence-corrected chi connectivity index (χ4v) is 1.50. The van der Waals surface area contributed by atoms with Gasteiger partial charge in [-0.15, -0.1) is 0 Å². The fraction of sp³-hybridized carbons (Fsp3) is 0.800. The number of nitrogens with zero attached hydrogens (tertiary/aromatic N) is 2. The van der Waals surface area contributed by atoms with Crippen LogP contribution in [0.25, 0.3) is 0 Å². The molecule has 0 radical (unpaired) electrons. The Morgan fingerprint density at radius 2 is 2.33 bits per heavy atom. The number of amides is 2. The van der Waals surface area contributed by atoms with Crippen LogP contribution in [0.15, 0.2) is 0 Å². The van der Waals surface area contributed by atoms with E-state index in [0.29, 0.717) is 13.1 Å². The summed E-state index contributed by atoms with van der Waals surface area (Å²) in [6.45, 7) is 6.00. The van der Waals surface area contributed by atoms with Crippen molar-refractivity contribution in [1.29, 1.82) is 0 Å². The normalized spacial score (nSPS) is 21.7. The lowest BCUT2D eigenvalue weighted by Crippen LogP contribution is -2.55. The molecule has 1 aliphatic heterocycles. The third kappa shape index (κ3) is 2.92. The zero-order valence-electron chi connectivity index (χ0n) is 9.62. The molecule has 0 aromatic carbocycles. The molecule has 0 aromatic heterocycles.